The molecule has 0 atom stereocenters. The number of pyridine rings is 2. The van der Waals surface area contributed by atoms with Gasteiger partial charge in [0.2, 0.25) is 24.3 Å². The van der Waals surface area contributed by atoms with E-state index in [-0.39, 0.29) is 0 Å². The summed E-state index contributed by atoms with van der Waals surface area (Å²) in [5.41, 5.74) is 2.85. The highest BCUT2D eigenvalue weighted by atomic mass is 19.1. The number of fused-ring (bicyclic) bond motifs is 6. The van der Waals surface area contributed by atoms with Crippen LogP contribution in [0.3, 0.4) is 0 Å². The molecule has 5 aromatic carbocycles. The van der Waals surface area contributed by atoms with Crippen molar-refractivity contribution >= 4 is 43.1 Å². The van der Waals surface area contributed by atoms with Gasteiger partial charge >= 0.3 is 0 Å². The lowest BCUT2D eigenvalue weighted by Crippen LogP contribution is -1.99. The second kappa shape index (κ2) is 8.87. The van der Waals surface area contributed by atoms with Gasteiger partial charge in [0.1, 0.15) is 0 Å². The first-order chi connectivity index (χ1) is 19.6. The molecule has 7 aromatic rings. The minimum Gasteiger partial charge on any atom is -0.228 e. The second-order valence-corrected chi connectivity index (χ2v) is 9.32. The summed E-state index contributed by atoms with van der Waals surface area (Å²) in [7, 11) is 0. The van der Waals surface area contributed by atoms with Gasteiger partial charge in [-0.25, -0.2) is 9.97 Å². The molecule has 0 aliphatic carbocycles. The van der Waals surface area contributed by atoms with Crippen LogP contribution < -0.4 is 10.7 Å². The zero-order valence-corrected chi connectivity index (χ0v) is 20.5. The van der Waals surface area contributed by atoms with E-state index in [0.717, 1.165) is 54.2 Å². The number of hydrogen-bond donors (Lipinski definition) is 0. The molecule has 2 heterocycles. The van der Waals surface area contributed by atoms with Crippen molar-refractivity contribution in [2.75, 3.05) is 0 Å². The van der Waals surface area contributed by atoms with Crippen molar-refractivity contribution < 1.29 is 8.78 Å². The number of aromatic nitrogens is 2. The maximum absolute atomic E-state index is 13.8. The molecule has 0 bridgehead atoms. The number of hydrogen-bond acceptors (Lipinski definition) is 6. The largest absolute Gasteiger partial charge is 0.228 e. The second-order valence-electron chi connectivity index (χ2n) is 9.32. The summed E-state index contributed by atoms with van der Waals surface area (Å²) in [6.45, 7) is 0. The van der Waals surface area contributed by atoms with Gasteiger partial charge in [0.05, 0.1) is 10.7 Å². The number of benzene rings is 3. The number of nitrogens with zero attached hydrogens (tertiary/aromatic N) is 6. The Hall–Kier alpha value is -5.86. The zero-order valence-electron chi connectivity index (χ0n) is 20.5. The van der Waals surface area contributed by atoms with E-state index in [0.29, 0.717) is 21.8 Å². The van der Waals surface area contributed by atoms with Gasteiger partial charge < -0.3 is 0 Å². The minimum atomic E-state index is -0.580. The smallest absolute Gasteiger partial charge is 0.213 e. The summed E-state index contributed by atoms with van der Waals surface area (Å²) in [6.07, 6.45) is 6.66. The monoisotopic (exact) mass is 520 g/mol. The predicted octanol–water partition coefficient (Wildman–Crippen LogP) is 6.34. The van der Waals surface area contributed by atoms with E-state index in [2.05, 4.69) is 20.0 Å². The van der Waals surface area contributed by atoms with E-state index in [1.807, 2.05) is 60.9 Å². The van der Waals surface area contributed by atoms with Gasteiger partial charge in [-0.2, -0.15) is 29.3 Å². The molecule has 0 radical (unpaired) electrons. The first-order valence-electron chi connectivity index (χ1n) is 12.2. The topological polar surface area (TPSA) is 98.1 Å². The summed E-state index contributed by atoms with van der Waals surface area (Å²) < 4.78 is 27.6. The maximum Gasteiger partial charge on any atom is 0.213 e. The van der Waals surface area contributed by atoms with Crippen molar-refractivity contribution in [3.63, 3.8) is 0 Å². The molecular weight excluding hydrogens is 506 g/mol. The van der Waals surface area contributed by atoms with Crippen molar-refractivity contribution in [3.8, 4) is 34.6 Å². The van der Waals surface area contributed by atoms with Gasteiger partial charge in [-0.1, -0.05) is 24.3 Å². The Balaban J connectivity index is 1.56. The van der Waals surface area contributed by atoms with Crippen molar-refractivity contribution in [3.05, 3.63) is 108 Å². The SMILES string of the molecule is N#CN=c1c2cc(-c3ccnc(F)c3)ccc2c2cc3c(=NC#N)c4cc(-c5ccnc(F)c5)ccc4c3cc12. The third-order valence-corrected chi connectivity index (χ3v) is 7.24. The van der Waals surface area contributed by atoms with Crippen LogP contribution in [0.1, 0.15) is 0 Å². The number of halogens is 2. The van der Waals surface area contributed by atoms with E-state index in [1.54, 1.807) is 12.1 Å². The molecule has 0 unspecified atom stereocenters. The van der Waals surface area contributed by atoms with E-state index in [4.69, 9.17) is 0 Å². The quantitative estimate of drug-likeness (QED) is 0.196. The van der Waals surface area contributed by atoms with Gasteiger partial charge in [0.25, 0.3) is 0 Å². The van der Waals surface area contributed by atoms with Gasteiger partial charge in [-0.3, -0.25) is 0 Å². The summed E-state index contributed by atoms with van der Waals surface area (Å²) in [5.74, 6) is -1.16. The third kappa shape index (κ3) is 3.52. The summed E-state index contributed by atoms with van der Waals surface area (Å²) in [5, 5.41) is 26.6. The zero-order chi connectivity index (χ0) is 27.4. The lowest BCUT2D eigenvalue weighted by molar-refractivity contribution is 0.584. The first-order valence-corrected chi connectivity index (χ1v) is 12.2. The van der Waals surface area contributed by atoms with Gasteiger partial charge in [0, 0.05) is 46.1 Å². The van der Waals surface area contributed by atoms with Crippen LogP contribution in [-0.4, -0.2) is 9.97 Å². The Morgan fingerprint density at radius 3 is 1.27 bits per heavy atom. The molecule has 40 heavy (non-hydrogen) atoms. The van der Waals surface area contributed by atoms with Crippen molar-refractivity contribution in [1.82, 2.24) is 9.97 Å². The Bertz CT molecular complexity index is 2220. The first kappa shape index (κ1) is 23.3. The molecule has 186 valence electrons. The van der Waals surface area contributed by atoms with E-state index in [9.17, 15) is 19.3 Å². The number of nitriles is 2. The van der Waals surface area contributed by atoms with Crippen molar-refractivity contribution in [2.24, 2.45) is 9.98 Å². The summed E-state index contributed by atoms with van der Waals surface area (Å²) in [4.78, 5) is 15.6. The van der Waals surface area contributed by atoms with Crippen LogP contribution in [-0.2, 0) is 0 Å². The molecule has 0 saturated heterocycles. The molecule has 0 aliphatic rings. The molecular formula is C32H14F2N6. The maximum atomic E-state index is 13.8. The van der Waals surface area contributed by atoms with E-state index >= 15 is 0 Å². The normalized spacial score (nSPS) is 12.5. The highest BCUT2D eigenvalue weighted by Gasteiger charge is 2.17. The van der Waals surface area contributed by atoms with Gasteiger partial charge in [-0.05, 0) is 80.2 Å². The molecule has 0 amide bonds. The van der Waals surface area contributed by atoms with Crippen LogP contribution in [0.15, 0.2) is 95.2 Å². The standard InChI is InChI=1S/C32H14F2N6/c33-29-11-19(5-7-37-29)17-1-3-21-23-13-28-24(14-27(23)31(39-15-35)25(21)9-17)22-4-2-18(10-26(22)32(28)40-16-36)20-6-8-38-30(34)12-20/h1-14H. The van der Waals surface area contributed by atoms with E-state index < -0.39 is 11.9 Å². The summed E-state index contributed by atoms with van der Waals surface area (Å²) >= 11 is 0. The number of rotatable bonds is 2. The van der Waals surface area contributed by atoms with Gasteiger partial charge in [0.15, 0.2) is 0 Å². The highest BCUT2D eigenvalue weighted by Crippen LogP contribution is 2.35. The van der Waals surface area contributed by atoms with Crippen LogP contribution in [0.2, 0.25) is 0 Å². The molecule has 7 rings (SSSR count). The Morgan fingerprint density at radius 2 is 0.875 bits per heavy atom. The average Bonchev–Trinajstić information content (AvgIpc) is 3.43. The van der Waals surface area contributed by atoms with Crippen LogP contribution in [0, 0.1) is 34.8 Å². The average molecular weight is 521 g/mol. The Kier molecular flexibility index (Phi) is 5.16. The Morgan fingerprint density at radius 1 is 0.475 bits per heavy atom. The third-order valence-electron chi connectivity index (χ3n) is 7.24. The predicted molar refractivity (Wildman–Crippen MR) is 148 cm³/mol. The molecule has 0 N–H and O–H groups in total. The molecule has 0 aliphatic heterocycles. The Labute approximate surface area is 224 Å². The van der Waals surface area contributed by atoms with Crippen LogP contribution >= 0.6 is 0 Å². The fraction of sp³-hybridized carbons (Fsp3) is 0. The summed E-state index contributed by atoms with van der Waals surface area (Å²) in [6, 6.07) is 21.5. The molecule has 0 saturated carbocycles. The fourth-order valence-electron chi connectivity index (χ4n) is 5.54. The molecule has 0 spiro atoms. The lowest BCUT2D eigenvalue weighted by atomic mass is 10.0. The van der Waals surface area contributed by atoms with Crippen molar-refractivity contribution in [1.29, 1.82) is 10.5 Å². The van der Waals surface area contributed by atoms with Crippen LogP contribution in [0.4, 0.5) is 8.78 Å². The van der Waals surface area contributed by atoms with Gasteiger partial charge in [-0.15, -0.1) is 0 Å². The lowest BCUT2D eigenvalue weighted by Gasteiger charge is -2.02. The molecule has 2 aromatic heterocycles. The minimum absolute atomic E-state index is 0.516. The van der Waals surface area contributed by atoms with E-state index in [1.165, 1.54) is 24.5 Å². The van der Waals surface area contributed by atoms with Crippen LogP contribution in [0.25, 0.3) is 65.3 Å². The molecule has 8 heteroatoms. The fourth-order valence-corrected chi connectivity index (χ4v) is 5.54. The van der Waals surface area contributed by atoms with Crippen LogP contribution in [0.5, 0.6) is 0 Å². The highest BCUT2D eigenvalue weighted by molar-refractivity contribution is 6.21. The molecule has 0 fully saturated rings. The van der Waals surface area contributed by atoms with Crippen molar-refractivity contribution in [2.45, 2.75) is 0 Å². The molecule has 6 nitrogen and oxygen atoms in total.